The maximum absolute atomic E-state index is 6.42. The third-order valence-electron chi connectivity index (χ3n) is 3.52. The molecule has 4 nitrogen and oxygen atoms in total. The number of aromatic nitrogens is 2. The molecule has 1 fully saturated rings. The molecule has 100 valence electrons. The van der Waals surface area contributed by atoms with Crippen molar-refractivity contribution in [3.05, 3.63) is 11.9 Å². The van der Waals surface area contributed by atoms with E-state index in [-0.39, 0.29) is 5.38 Å². The molecular formula is C13H20ClN3O. The number of aryl methyl sites for hydroxylation is 1. The quantitative estimate of drug-likeness (QED) is 0.791. The molecule has 1 aliphatic carbocycles. The van der Waals surface area contributed by atoms with Crippen LogP contribution in [0.25, 0.3) is 0 Å². The Morgan fingerprint density at radius 3 is 2.72 bits per heavy atom. The summed E-state index contributed by atoms with van der Waals surface area (Å²) in [6.45, 7) is 1.87. The number of hydrogen-bond donors (Lipinski definition) is 0. The van der Waals surface area contributed by atoms with Crippen LogP contribution in [-0.4, -0.2) is 35.5 Å². The molecular weight excluding hydrogens is 250 g/mol. The second kappa shape index (κ2) is 5.74. The number of halogens is 1. The molecule has 0 amide bonds. The fourth-order valence-corrected chi connectivity index (χ4v) is 2.93. The lowest BCUT2D eigenvalue weighted by atomic mass is 9.94. The maximum Gasteiger partial charge on any atom is 0.218 e. The van der Waals surface area contributed by atoms with Gasteiger partial charge in [-0.05, 0) is 19.8 Å². The molecule has 0 bridgehead atoms. The van der Waals surface area contributed by atoms with Crippen molar-refractivity contribution in [2.24, 2.45) is 0 Å². The SMILES string of the molecule is COc1cc(N(C)C2CCCCC2Cl)nc(C)n1. The summed E-state index contributed by atoms with van der Waals surface area (Å²) in [4.78, 5) is 10.8. The highest BCUT2D eigenvalue weighted by Gasteiger charge is 2.27. The van der Waals surface area contributed by atoms with Crippen molar-refractivity contribution in [3.63, 3.8) is 0 Å². The summed E-state index contributed by atoms with van der Waals surface area (Å²) in [6.07, 6.45) is 4.66. The summed E-state index contributed by atoms with van der Waals surface area (Å²) in [5.74, 6) is 2.21. The molecule has 1 aromatic rings. The van der Waals surface area contributed by atoms with Gasteiger partial charge in [-0.1, -0.05) is 12.8 Å². The summed E-state index contributed by atoms with van der Waals surface area (Å²) in [5.41, 5.74) is 0. The molecule has 0 spiro atoms. The second-order valence-corrected chi connectivity index (χ2v) is 5.36. The van der Waals surface area contributed by atoms with Gasteiger partial charge in [0.05, 0.1) is 12.5 Å². The lowest BCUT2D eigenvalue weighted by molar-refractivity contribution is 0.394. The van der Waals surface area contributed by atoms with Crippen molar-refractivity contribution in [1.82, 2.24) is 9.97 Å². The number of ether oxygens (including phenoxy) is 1. The summed E-state index contributed by atoms with van der Waals surface area (Å²) in [5, 5.41) is 0.199. The smallest absolute Gasteiger partial charge is 0.218 e. The van der Waals surface area contributed by atoms with Crippen LogP contribution >= 0.6 is 11.6 Å². The highest BCUT2D eigenvalue weighted by Crippen LogP contribution is 2.29. The van der Waals surface area contributed by atoms with Gasteiger partial charge in [0.1, 0.15) is 11.6 Å². The normalized spacial score (nSPS) is 23.8. The molecule has 5 heteroatoms. The molecule has 1 heterocycles. The fraction of sp³-hybridized carbons (Fsp3) is 0.692. The van der Waals surface area contributed by atoms with Crippen LogP contribution in [0, 0.1) is 6.92 Å². The Balaban J connectivity index is 2.21. The first-order valence-corrected chi connectivity index (χ1v) is 6.82. The molecule has 0 radical (unpaired) electrons. The van der Waals surface area contributed by atoms with E-state index in [1.165, 1.54) is 12.8 Å². The third kappa shape index (κ3) is 2.86. The molecule has 0 N–H and O–H groups in total. The van der Waals surface area contributed by atoms with E-state index in [1.807, 2.05) is 20.0 Å². The van der Waals surface area contributed by atoms with Crippen molar-refractivity contribution >= 4 is 17.4 Å². The van der Waals surface area contributed by atoms with E-state index >= 15 is 0 Å². The van der Waals surface area contributed by atoms with Crippen LogP contribution in [0.5, 0.6) is 5.88 Å². The minimum atomic E-state index is 0.199. The van der Waals surface area contributed by atoms with Crippen molar-refractivity contribution in [1.29, 1.82) is 0 Å². The zero-order valence-electron chi connectivity index (χ0n) is 11.2. The summed E-state index contributed by atoms with van der Waals surface area (Å²) in [7, 11) is 3.67. The van der Waals surface area contributed by atoms with Gasteiger partial charge in [-0.2, -0.15) is 4.98 Å². The first-order valence-electron chi connectivity index (χ1n) is 6.38. The zero-order chi connectivity index (χ0) is 13.1. The molecule has 0 saturated heterocycles. The zero-order valence-corrected chi connectivity index (χ0v) is 11.9. The number of alkyl halides is 1. The predicted octanol–water partition coefficient (Wildman–Crippen LogP) is 2.78. The topological polar surface area (TPSA) is 38.2 Å². The molecule has 0 aliphatic heterocycles. The average molecular weight is 270 g/mol. The van der Waals surface area contributed by atoms with Crippen molar-refractivity contribution in [3.8, 4) is 5.88 Å². The highest BCUT2D eigenvalue weighted by atomic mass is 35.5. The Morgan fingerprint density at radius 2 is 2.06 bits per heavy atom. The summed E-state index contributed by atoms with van der Waals surface area (Å²) < 4.78 is 5.19. The Kier molecular flexibility index (Phi) is 4.27. The van der Waals surface area contributed by atoms with Gasteiger partial charge in [-0.3, -0.25) is 0 Å². The lowest BCUT2D eigenvalue weighted by Gasteiger charge is -2.35. The van der Waals surface area contributed by atoms with Crippen LogP contribution in [0.15, 0.2) is 6.07 Å². The highest BCUT2D eigenvalue weighted by molar-refractivity contribution is 6.21. The molecule has 1 saturated carbocycles. The largest absolute Gasteiger partial charge is 0.481 e. The number of hydrogen-bond acceptors (Lipinski definition) is 4. The Bertz CT molecular complexity index is 413. The van der Waals surface area contributed by atoms with Crippen LogP contribution in [-0.2, 0) is 0 Å². The summed E-state index contributed by atoms with van der Waals surface area (Å²) >= 11 is 6.42. The Hall–Kier alpha value is -1.03. The number of rotatable bonds is 3. The van der Waals surface area contributed by atoms with Gasteiger partial charge in [0, 0.05) is 19.2 Å². The number of anilines is 1. The number of nitrogens with zero attached hydrogens (tertiary/aromatic N) is 3. The van der Waals surface area contributed by atoms with Crippen LogP contribution in [0.3, 0.4) is 0 Å². The van der Waals surface area contributed by atoms with E-state index in [2.05, 4.69) is 14.9 Å². The van der Waals surface area contributed by atoms with Gasteiger partial charge < -0.3 is 9.64 Å². The van der Waals surface area contributed by atoms with E-state index in [0.717, 1.165) is 24.5 Å². The van der Waals surface area contributed by atoms with Crippen molar-refractivity contribution in [2.75, 3.05) is 19.1 Å². The van der Waals surface area contributed by atoms with Crippen molar-refractivity contribution in [2.45, 2.75) is 44.0 Å². The van der Waals surface area contributed by atoms with E-state index in [9.17, 15) is 0 Å². The molecule has 1 aromatic heterocycles. The van der Waals surface area contributed by atoms with Crippen LogP contribution in [0.4, 0.5) is 5.82 Å². The molecule has 0 aromatic carbocycles. The van der Waals surface area contributed by atoms with Crippen molar-refractivity contribution < 1.29 is 4.74 Å². The lowest BCUT2D eigenvalue weighted by Crippen LogP contribution is -2.41. The first-order chi connectivity index (χ1) is 8.61. The summed E-state index contributed by atoms with van der Waals surface area (Å²) in [6, 6.07) is 2.21. The minimum absolute atomic E-state index is 0.199. The molecule has 2 rings (SSSR count). The van der Waals surface area contributed by atoms with E-state index in [0.29, 0.717) is 11.9 Å². The van der Waals surface area contributed by atoms with Gasteiger partial charge in [0.2, 0.25) is 5.88 Å². The standard InChI is InChI=1S/C13H20ClN3O/c1-9-15-12(8-13(16-9)18-3)17(2)11-7-5-4-6-10(11)14/h8,10-11H,4-7H2,1-3H3. The maximum atomic E-state index is 6.42. The first kappa shape index (κ1) is 13.4. The van der Waals surface area contributed by atoms with Gasteiger partial charge in [-0.25, -0.2) is 4.98 Å². The van der Waals surface area contributed by atoms with Gasteiger partial charge in [0.25, 0.3) is 0 Å². The van der Waals surface area contributed by atoms with Gasteiger partial charge in [0.15, 0.2) is 0 Å². The van der Waals surface area contributed by atoms with Gasteiger partial charge >= 0.3 is 0 Å². The number of methoxy groups -OCH3 is 1. The van der Waals surface area contributed by atoms with Crippen LogP contribution in [0.2, 0.25) is 0 Å². The monoisotopic (exact) mass is 269 g/mol. The molecule has 2 unspecified atom stereocenters. The van der Waals surface area contributed by atoms with E-state index in [1.54, 1.807) is 7.11 Å². The Morgan fingerprint density at radius 1 is 1.33 bits per heavy atom. The third-order valence-corrected chi connectivity index (χ3v) is 4.03. The Labute approximate surface area is 113 Å². The van der Waals surface area contributed by atoms with Gasteiger partial charge in [-0.15, -0.1) is 11.6 Å². The van der Waals surface area contributed by atoms with Crippen LogP contribution < -0.4 is 9.64 Å². The molecule has 18 heavy (non-hydrogen) atoms. The average Bonchev–Trinajstić information content (AvgIpc) is 2.37. The molecule has 2 atom stereocenters. The van der Waals surface area contributed by atoms with Crippen LogP contribution in [0.1, 0.15) is 31.5 Å². The fourth-order valence-electron chi connectivity index (χ4n) is 2.48. The van der Waals surface area contributed by atoms with E-state index in [4.69, 9.17) is 16.3 Å². The van der Waals surface area contributed by atoms with E-state index < -0.39 is 0 Å². The second-order valence-electron chi connectivity index (χ2n) is 4.79. The molecule has 1 aliphatic rings. The minimum Gasteiger partial charge on any atom is -0.481 e. The predicted molar refractivity (Wildman–Crippen MR) is 73.6 cm³/mol.